The minimum atomic E-state index is -0.406. The molecular formula is C15H26N2O. The number of nitrogens with two attached hydrogens (primary N) is 2. The highest BCUT2D eigenvalue weighted by molar-refractivity contribution is 5.13. The van der Waals surface area contributed by atoms with Gasteiger partial charge in [-0.2, -0.15) is 0 Å². The highest BCUT2D eigenvalue weighted by Gasteiger charge is 2.23. The average molecular weight is 250 g/mol. The molecule has 0 heterocycles. The minimum Gasteiger partial charge on any atom is -0.357 e. The minimum absolute atomic E-state index is 0.122. The fourth-order valence-corrected chi connectivity index (χ4v) is 1.79. The summed E-state index contributed by atoms with van der Waals surface area (Å²) >= 11 is 0. The van der Waals surface area contributed by atoms with E-state index >= 15 is 0 Å². The molecular weight excluding hydrogens is 224 g/mol. The van der Waals surface area contributed by atoms with Crippen LogP contribution in [-0.2, 0) is 11.3 Å². The van der Waals surface area contributed by atoms with E-state index in [-0.39, 0.29) is 11.5 Å². The van der Waals surface area contributed by atoms with E-state index in [1.54, 1.807) is 0 Å². The standard InChI is InChI=1S/C15H26N2O/c1-4-15(2,3)10-13(16)14(17)18-11-12-8-6-5-7-9-12/h5-9,13-14H,4,10-11,16-17H2,1-3H3. The molecule has 0 bridgehead atoms. The molecule has 3 heteroatoms. The first-order valence-electron chi connectivity index (χ1n) is 6.61. The van der Waals surface area contributed by atoms with Crippen LogP contribution < -0.4 is 11.5 Å². The molecule has 0 radical (unpaired) electrons. The van der Waals surface area contributed by atoms with Gasteiger partial charge in [-0.25, -0.2) is 0 Å². The van der Waals surface area contributed by atoms with Crippen molar-refractivity contribution in [1.29, 1.82) is 0 Å². The summed E-state index contributed by atoms with van der Waals surface area (Å²) in [6, 6.07) is 9.89. The summed E-state index contributed by atoms with van der Waals surface area (Å²) in [7, 11) is 0. The van der Waals surface area contributed by atoms with Gasteiger partial charge in [-0.3, -0.25) is 0 Å². The maximum absolute atomic E-state index is 6.09. The molecule has 18 heavy (non-hydrogen) atoms. The third-order valence-electron chi connectivity index (χ3n) is 3.45. The molecule has 0 saturated heterocycles. The maximum Gasteiger partial charge on any atom is 0.121 e. The van der Waals surface area contributed by atoms with E-state index < -0.39 is 6.23 Å². The lowest BCUT2D eigenvalue weighted by Crippen LogP contribution is -2.45. The molecule has 0 fully saturated rings. The summed E-state index contributed by atoms with van der Waals surface area (Å²) in [5.41, 5.74) is 13.4. The molecule has 0 amide bonds. The van der Waals surface area contributed by atoms with Crippen LogP contribution in [0, 0.1) is 5.41 Å². The zero-order valence-corrected chi connectivity index (χ0v) is 11.7. The van der Waals surface area contributed by atoms with Crippen molar-refractivity contribution in [2.45, 2.75) is 52.5 Å². The van der Waals surface area contributed by atoms with Gasteiger partial charge >= 0.3 is 0 Å². The van der Waals surface area contributed by atoms with E-state index in [1.165, 1.54) is 0 Å². The molecule has 2 unspecified atom stereocenters. The Bertz CT molecular complexity index is 338. The number of hydrogen-bond donors (Lipinski definition) is 2. The van der Waals surface area contributed by atoms with Crippen molar-refractivity contribution >= 4 is 0 Å². The number of benzene rings is 1. The Morgan fingerprint density at radius 1 is 1.17 bits per heavy atom. The van der Waals surface area contributed by atoms with Crippen LogP contribution in [0.3, 0.4) is 0 Å². The second-order valence-corrected chi connectivity index (χ2v) is 5.65. The van der Waals surface area contributed by atoms with Crippen LogP contribution in [0.25, 0.3) is 0 Å². The summed E-state index contributed by atoms with van der Waals surface area (Å²) in [6.07, 6.45) is 1.56. The van der Waals surface area contributed by atoms with Crippen molar-refractivity contribution in [2.24, 2.45) is 16.9 Å². The van der Waals surface area contributed by atoms with E-state index in [0.29, 0.717) is 6.61 Å². The van der Waals surface area contributed by atoms with Gasteiger partial charge in [-0.1, -0.05) is 57.5 Å². The van der Waals surface area contributed by atoms with E-state index in [1.807, 2.05) is 30.3 Å². The van der Waals surface area contributed by atoms with Gasteiger partial charge in [0.25, 0.3) is 0 Å². The van der Waals surface area contributed by atoms with E-state index in [4.69, 9.17) is 16.2 Å². The molecule has 1 rings (SSSR count). The first-order valence-corrected chi connectivity index (χ1v) is 6.61. The van der Waals surface area contributed by atoms with Crippen molar-refractivity contribution < 1.29 is 4.74 Å². The Labute approximate surface area is 111 Å². The van der Waals surface area contributed by atoms with Crippen LogP contribution >= 0.6 is 0 Å². The van der Waals surface area contributed by atoms with Gasteiger partial charge < -0.3 is 16.2 Å². The Hall–Kier alpha value is -0.900. The van der Waals surface area contributed by atoms with Gasteiger partial charge in [0.2, 0.25) is 0 Å². The second-order valence-electron chi connectivity index (χ2n) is 5.65. The molecule has 102 valence electrons. The zero-order valence-electron chi connectivity index (χ0n) is 11.7. The molecule has 0 aliphatic carbocycles. The van der Waals surface area contributed by atoms with Crippen molar-refractivity contribution in [3.8, 4) is 0 Å². The van der Waals surface area contributed by atoms with E-state index in [9.17, 15) is 0 Å². The van der Waals surface area contributed by atoms with Crippen molar-refractivity contribution in [3.63, 3.8) is 0 Å². The van der Waals surface area contributed by atoms with Gasteiger partial charge in [-0.05, 0) is 17.4 Å². The quantitative estimate of drug-likeness (QED) is 0.731. The summed E-state index contributed by atoms with van der Waals surface area (Å²) in [4.78, 5) is 0. The average Bonchev–Trinajstić information content (AvgIpc) is 2.36. The van der Waals surface area contributed by atoms with Crippen LogP contribution in [0.4, 0.5) is 0 Å². The van der Waals surface area contributed by atoms with Crippen molar-refractivity contribution in [3.05, 3.63) is 35.9 Å². The summed E-state index contributed by atoms with van der Waals surface area (Å²) in [5, 5.41) is 0. The topological polar surface area (TPSA) is 61.3 Å². The summed E-state index contributed by atoms with van der Waals surface area (Å²) in [5.74, 6) is 0. The highest BCUT2D eigenvalue weighted by atomic mass is 16.5. The lowest BCUT2D eigenvalue weighted by atomic mass is 9.83. The monoisotopic (exact) mass is 250 g/mol. The summed E-state index contributed by atoms with van der Waals surface area (Å²) in [6.45, 7) is 7.10. The SMILES string of the molecule is CCC(C)(C)CC(N)C(N)OCc1ccccc1. The van der Waals surface area contributed by atoms with Crippen LogP contribution in [-0.4, -0.2) is 12.3 Å². The van der Waals surface area contributed by atoms with Crippen molar-refractivity contribution in [1.82, 2.24) is 0 Å². The first-order chi connectivity index (χ1) is 8.44. The van der Waals surface area contributed by atoms with Crippen LogP contribution in [0.5, 0.6) is 0 Å². The molecule has 0 spiro atoms. The number of ether oxygens (including phenoxy) is 1. The summed E-state index contributed by atoms with van der Waals surface area (Å²) < 4.78 is 5.63. The smallest absolute Gasteiger partial charge is 0.121 e. The van der Waals surface area contributed by atoms with Crippen LogP contribution in [0.2, 0.25) is 0 Å². The van der Waals surface area contributed by atoms with Crippen LogP contribution in [0.1, 0.15) is 39.2 Å². The molecule has 0 saturated carbocycles. The lowest BCUT2D eigenvalue weighted by Gasteiger charge is -2.29. The van der Waals surface area contributed by atoms with Gasteiger partial charge in [0.05, 0.1) is 6.61 Å². The van der Waals surface area contributed by atoms with Gasteiger partial charge in [0.15, 0.2) is 0 Å². The molecule has 1 aromatic rings. The normalized spacial score (nSPS) is 15.4. The second kappa shape index (κ2) is 6.88. The lowest BCUT2D eigenvalue weighted by molar-refractivity contribution is 0.0176. The van der Waals surface area contributed by atoms with Crippen LogP contribution in [0.15, 0.2) is 30.3 Å². The predicted octanol–water partition coefficient (Wildman–Crippen LogP) is 2.64. The molecule has 0 aliphatic rings. The fourth-order valence-electron chi connectivity index (χ4n) is 1.79. The van der Waals surface area contributed by atoms with Crippen molar-refractivity contribution in [2.75, 3.05) is 0 Å². The molecule has 0 aromatic heterocycles. The Kier molecular flexibility index (Phi) is 5.79. The predicted molar refractivity (Wildman–Crippen MR) is 75.9 cm³/mol. The van der Waals surface area contributed by atoms with Gasteiger partial charge in [-0.15, -0.1) is 0 Å². The van der Waals surface area contributed by atoms with Gasteiger partial charge in [0.1, 0.15) is 6.23 Å². The molecule has 1 aromatic carbocycles. The molecule has 4 N–H and O–H groups in total. The Balaban J connectivity index is 2.38. The third-order valence-corrected chi connectivity index (χ3v) is 3.45. The zero-order chi connectivity index (χ0) is 13.6. The maximum atomic E-state index is 6.09. The molecule has 2 atom stereocenters. The largest absolute Gasteiger partial charge is 0.357 e. The molecule has 0 aliphatic heterocycles. The fraction of sp³-hybridized carbons (Fsp3) is 0.600. The molecule has 3 nitrogen and oxygen atoms in total. The first kappa shape index (κ1) is 15.2. The van der Waals surface area contributed by atoms with Gasteiger partial charge in [0, 0.05) is 6.04 Å². The highest BCUT2D eigenvalue weighted by Crippen LogP contribution is 2.26. The van der Waals surface area contributed by atoms with E-state index in [0.717, 1.165) is 18.4 Å². The Morgan fingerprint density at radius 2 is 1.78 bits per heavy atom. The number of hydrogen-bond acceptors (Lipinski definition) is 3. The third kappa shape index (κ3) is 5.17. The van der Waals surface area contributed by atoms with E-state index in [2.05, 4.69) is 20.8 Å². The Morgan fingerprint density at radius 3 is 2.33 bits per heavy atom. The number of rotatable bonds is 7.